The highest BCUT2D eigenvalue weighted by molar-refractivity contribution is 5.86. The van der Waals surface area contributed by atoms with Gasteiger partial charge in [-0.15, -0.1) is 6.42 Å². The molecule has 0 spiro atoms. The number of hydrogen-bond donors (Lipinski definition) is 2. The van der Waals surface area contributed by atoms with Gasteiger partial charge in [0.15, 0.2) is 11.5 Å². The molecule has 0 aliphatic rings. The van der Waals surface area contributed by atoms with E-state index < -0.39 is 12.1 Å². The molecule has 2 amide bonds. The molecule has 2 aromatic rings. The second-order valence-corrected chi connectivity index (χ2v) is 8.62. The summed E-state index contributed by atoms with van der Waals surface area (Å²) in [5.74, 6) is 3.84. The largest absolute Gasteiger partial charge is 0.493 e. The van der Waals surface area contributed by atoms with Crippen LogP contribution in [-0.4, -0.2) is 51.5 Å². The van der Waals surface area contributed by atoms with E-state index in [1.165, 1.54) is 0 Å². The summed E-state index contributed by atoms with van der Waals surface area (Å²) in [6.07, 6.45) is 5.42. The number of methoxy groups -OCH3 is 2. The Bertz CT molecular complexity index is 1030. The molecule has 2 atom stereocenters. The number of benzene rings is 2. The first kappa shape index (κ1) is 28.4. The van der Waals surface area contributed by atoms with Crippen molar-refractivity contribution in [1.82, 2.24) is 10.6 Å². The molecule has 0 aromatic heterocycles. The van der Waals surface area contributed by atoms with Crippen LogP contribution in [-0.2, 0) is 22.4 Å². The van der Waals surface area contributed by atoms with Gasteiger partial charge in [-0.2, -0.15) is 0 Å². The molecule has 0 aliphatic heterocycles. The van der Waals surface area contributed by atoms with Crippen LogP contribution in [0.3, 0.4) is 0 Å². The molecule has 2 rings (SSSR count). The van der Waals surface area contributed by atoms with Gasteiger partial charge in [-0.1, -0.05) is 31.0 Å². The van der Waals surface area contributed by atoms with Crippen molar-refractivity contribution >= 4 is 12.0 Å². The highest BCUT2D eigenvalue weighted by Gasteiger charge is 2.28. The minimum atomic E-state index is -0.788. The van der Waals surface area contributed by atoms with Crippen molar-refractivity contribution in [2.24, 2.45) is 5.92 Å². The van der Waals surface area contributed by atoms with E-state index in [0.29, 0.717) is 36.6 Å². The fourth-order valence-corrected chi connectivity index (χ4v) is 3.66. The van der Waals surface area contributed by atoms with Crippen LogP contribution in [0.1, 0.15) is 31.9 Å². The molecule has 194 valence electrons. The molecule has 0 saturated heterocycles. The summed E-state index contributed by atoms with van der Waals surface area (Å²) in [7, 11) is 3.15. The number of terminal acetylenes is 1. The first-order chi connectivity index (χ1) is 17.3. The van der Waals surface area contributed by atoms with Gasteiger partial charge < -0.3 is 29.6 Å². The highest BCUT2D eigenvalue weighted by atomic mass is 16.6. The Labute approximate surface area is 213 Å². The topological polar surface area (TPSA) is 95.1 Å². The van der Waals surface area contributed by atoms with Crippen LogP contribution >= 0.6 is 0 Å². The van der Waals surface area contributed by atoms with Crippen molar-refractivity contribution < 1.29 is 28.5 Å². The maximum atomic E-state index is 13.1. The Kier molecular flexibility index (Phi) is 11.4. The third-order valence-corrected chi connectivity index (χ3v) is 5.43. The average molecular weight is 497 g/mol. The van der Waals surface area contributed by atoms with Crippen molar-refractivity contribution in [2.75, 3.05) is 27.4 Å². The van der Waals surface area contributed by atoms with Gasteiger partial charge in [0.2, 0.25) is 5.91 Å². The van der Waals surface area contributed by atoms with Crippen LogP contribution in [0.5, 0.6) is 17.2 Å². The Morgan fingerprint density at radius 3 is 2.25 bits per heavy atom. The van der Waals surface area contributed by atoms with Crippen molar-refractivity contribution in [3.63, 3.8) is 0 Å². The maximum absolute atomic E-state index is 13.1. The molecule has 0 aliphatic carbocycles. The molecule has 2 N–H and O–H groups in total. The zero-order valence-electron chi connectivity index (χ0n) is 21.6. The third-order valence-electron chi connectivity index (χ3n) is 5.43. The minimum absolute atomic E-state index is 0.213. The molecule has 0 heterocycles. The van der Waals surface area contributed by atoms with Crippen LogP contribution < -0.4 is 24.8 Å². The highest BCUT2D eigenvalue weighted by Crippen LogP contribution is 2.29. The number of hydrogen-bond acceptors (Lipinski definition) is 6. The van der Waals surface area contributed by atoms with Gasteiger partial charge in [0.25, 0.3) is 0 Å². The third kappa shape index (κ3) is 9.06. The lowest BCUT2D eigenvalue weighted by Gasteiger charge is -2.25. The van der Waals surface area contributed by atoms with Gasteiger partial charge in [0.05, 0.1) is 20.3 Å². The molecule has 0 unspecified atom stereocenters. The second-order valence-electron chi connectivity index (χ2n) is 8.62. The van der Waals surface area contributed by atoms with Gasteiger partial charge in [-0.3, -0.25) is 4.79 Å². The lowest BCUT2D eigenvalue weighted by molar-refractivity contribution is -0.124. The molecule has 0 radical (unpaired) electrons. The van der Waals surface area contributed by atoms with E-state index in [4.69, 9.17) is 25.4 Å². The number of carbonyl (C=O) groups excluding carboxylic acids is 2. The van der Waals surface area contributed by atoms with E-state index in [-0.39, 0.29) is 24.5 Å². The minimum Gasteiger partial charge on any atom is -0.493 e. The summed E-state index contributed by atoms with van der Waals surface area (Å²) in [5.41, 5.74) is 1.98. The molecule has 8 heteroatoms. The summed E-state index contributed by atoms with van der Waals surface area (Å²) < 4.78 is 21.3. The van der Waals surface area contributed by atoms with Crippen molar-refractivity contribution in [3.8, 4) is 29.6 Å². The van der Waals surface area contributed by atoms with E-state index in [1.807, 2.05) is 49.4 Å². The van der Waals surface area contributed by atoms with Crippen LogP contribution in [0.25, 0.3) is 0 Å². The van der Waals surface area contributed by atoms with E-state index in [2.05, 4.69) is 16.6 Å². The summed E-state index contributed by atoms with van der Waals surface area (Å²) in [5, 5.41) is 5.67. The Balaban J connectivity index is 2.04. The predicted octanol–water partition coefficient (Wildman–Crippen LogP) is 3.76. The quantitative estimate of drug-likeness (QED) is 0.410. The summed E-state index contributed by atoms with van der Waals surface area (Å²) in [4.78, 5) is 25.5. The van der Waals surface area contributed by atoms with Crippen molar-refractivity contribution in [2.45, 2.75) is 45.8 Å². The maximum Gasteiger partial charge on any atom is 0.408 e. The number of rotatable bonds is 13. The zero-order valence-corrected chi connectivity index (χ0v) is 21.6. The second kappa shape index (κ2) is 14.5. The molecule has 8 nitrogen and oxygen atoms in total. The number of nitrogens with one attached hydrogen (secondary N) is 2. The van der Waals surface area contributed by atoms with Gasteiger partial charge in [-0.25, -0.2) is 4.79 Å². The molecule has 0 bridgehead atoms. The van der Waals surface area contributed by atoms with Gasteiger partial charge in [0.1, 0.15) is 18.4 Å². The predicted molar refractivity (Wildman–Crippen MR) is 138 cm³/mol. The normalized spacial score (nSPS) is 12.1. The molecule has 0 fully saturated rings. The number of amides is 2. The molecular formula is C28H36N2O6. The van der Waals surface area contributed by atoms with E-state index in [9.17, 15) is 9.59 Å². The summed E-state index contributed by atoms with van der Waals surface area (Å²) >= 11 is 0. The average Bonchev–Trinajstić information content (AvgIpc) is 2.86. The monoisotopic (exact) mass is 496 g/mol. The molecule has 0 saturated carbocycles. The number of carbonyl (C=O) groups is 2. The molecular weight excluding hydrogens is 460 g/mol. The summed E-state index contributed by atoms with van der Waals surface area (Å²) in [6, 6.07) is 12.3. The lowest BCUT2D eigenvalue weighted by atomic mass is 9.93. The standard InChI is InChI=1S/C28H36N2O6/c1-7-16-35-23-11-8-21(9-12-23)14-15-29-27(31)26(30-28(32)36-19(2)3)20(4)17-22-10-13-24(33-5)25(18-22)34-6/h1,8-13,18-20,26H,14-17H2,2-6H3,(H,29,31)(H,30,32)/t20-,26+/m1/s1. The van der Waals surface area contributed by atoms with Gasteiger partial charge >= 0.3 is 6.09 Å². The Hall–Kier alpha value is -3.86. The van der Waals surface area contributed by atoms with Crippen LogP contribution in [0.2, 0.25) is 0 Å². The Morgan fingerprint density at radius 2 is 1.64 bits per heavy atom. The molecule has 2 aromatic carbocycles. The first-order valence-corrected chi connectivity index (χ1v) is 11.9. The van der Waals surface area contributed by atoms with Crippen LogP contribution in [0.4, 0.5) is 4.79 Å². The zero-order chi connectivity index (χ0) is 26.5. The summed E-state index contributed by atoms with van der Waals surface area (Å²) in [6.45, 7) is 6.04. The molecule has 36 heavy (non-hydrogen) atoms. The Morgan fingerprint density at radius 1 is 0.972 bits per heavy atom. The fraction of sp³-hybridized carbons (Fsp3) is 0.429. The van der Waals surface area contributed by atoms with E-state index in [1.54, 1.807) is 28.1 Å². The van der Waals surface area contributed by atoms with Crippen LogP contribution in [0.15, 0.2) is 42.5 Å². The smallest absolute Gasteiger partial charge is 0.408 e. The first-order valence-electron chi connectivity index (χ1n) is 11.9. The van der Waals surface area contributed by atoms with Gasteiger partial charge in [-0.05, 0) is 68.0 Å². The fourth-order valence-electron chi connectivity index (χ4n) is 3.66. The van der Waals surface area contributed by atoms with Crippen molar-refractivity contribution in [3.05, 3.63) is 53.6 Å². The van der Waals surface area contributed by atoms with Crippen molar-refractivity contribution in [1.29, 1.82) is 0 Å². The van der Waals surface area contributed by atoms with Gasteiger partial charge in [0, 0.05) is 6.54 Å². The van der Waals surface area contributed by atoms with Crippen LogP contribution in [0, 0.1) is 18.3 Å². The SMILES string of the molecule is C#CCOc1ccc(CCNC(=O)[C@@H](NC(=O)OC(C)C)[C@H](C)Cc2ccc(OC)c(OC)c2)cc1. The van der Waals surface area contributed by atoms with E-state index >= 15 is 0 Å². The number of alkyl carbamates (subject to hydrolysis) is 1. The lowest BCUT2D eigenvalue weighted by Crippen LogP contribution is -2.51. The van der Waals surface area contributed by atoms with E-state index in [0.717, 1.165) is 11.1 Å². The number of ether oxygens (including phenoxy) is 4.